The predicted octanol–water partition coefficient (Wildman–Crippen LogP) is 2.90. The predicted molar refractivity (Wildman–Crippen MR) is 108 cm³/mol. The standard InChI is InChI=1S/C22H24FN3O3/c23-17-7-1-4-10-20(17)29-15-16-6-5-11-25(12-16)14-22(28)26-13-21(27)24-18-8-2-3-9-19(18)26/h1-4,7-10,16H,5-6,11-15H2,(H,24,27)/t16-/m1/s1. The number of carbonyl (C=O) groups is 2. The molecule has 0 spiro atoms. The lowest BCUT2D eigenvalue weighted by Gasteiger charge is -2.35. The van der Waals surface area contributed by atoms with Gasteiger partial charge in [-0.25, -0.2) is 4.39 Å². The van der Waals surface area contributed by atoms with Gasteiger partial charge < -0.3 is 10.1 Å². The minimum Gasteiger partial charge on any atom is -0.490 e. The van der Waals surface area contributed by atoms with Crippen molar-refractivity contribution in [2.45, 2.75) is 12.8 Å². The number of carbonyl (C=O) groups excluding carboxylic acids is 2. The minimum atomic E-state index is -0.364. The van der Waals surface area contributed by atoms with E-state index in [0.717, 1.165) is 25.1 Å². The molecule has 1 fully saturated rings. The van der Waals surface area contributed by atoms with E-state index >= 15 is 0 Å². The van der Waals surface area contributed by atoms with E-state index in [0.29, 0.717) is 18.8 Å². The number of likely N-dealkylation sites (tertiary alicyclic amines) is 1. The molecule has 2 aromatic rings. The Hall–Kier alpha value is -2.93. The van der Waals surface area contributed by atoms with Crippen molar-refractivity contribution in [3.05, 3.63) is 54.3 Å². The zero-order valence-corrected chi connectivity index (χ0v) is 16.1. The lowest BCUT2D eigenvalue weighted by Crippen LogP contribution is -2.48. The van der Waals surface area contributed by atoms with Crippen LogP contribution in [0.15, 0.2) is 48.5 Å². The van der Waals surface area contributed by atoms with Gasteiger partial charge in [0.05, 0.1) is 24.5 Å². The van der Waals surface area contributed by atoms with Crippen molar-refractivity contribution in [1.82, 2.24) is 4.90 Å². The fourth-order valence-corrected chi connectivity index (χ4v) is 3.93. The van der Waals surface area contributed by atoms with Crippen LogP contribution in [0.4, 0.5) is 15.8 Å². The SMILES string of the molecule is O=C1CN(C(=O)CN2CCC[C@@H](COc3ccccc3F)C2)c2ccccc2N1. The molecule has 2 amide bonds. The molecule has 0 unspecified atom stereocenters. The Balaban J connectivity index is 1.35. The summed E-state index contributed by atoms with van der Waals surface area (Å²) in [6.45, 7) is 2.23. The van der Waals surface area contributed by atoms with Gasteiger partial charge in [0.2, 0.25) is 11.8 Å². The van der Waals surface area contributed by atoms with Crippen LogP contribution in [0.3, 0.4) is 0 Å². The zero-order chi connectivity index (χ0) is 20.2. The summed E-state index contributed by atoms with van der Waals surface area (Å²) in [6, 6.07) is 13.7. The number of amides is 2. The van der Waals surface area contributed by atoms with Gasteiger partial charge in [0, 0.05) is 12.5 Å². The van der Waals surface area contributed by atoms with E-state index in [2.05, 4.69) is 10.2 Å². The number of hydrogen-bond donors (Lipinski definition) is 1. The van der Waals surface area contributed by atoms with Gasteiger partial charge in [-0.15, -0.1) is 0 Å². The first-order valence-electron chi connectivity index (χ1n) is 9.89. The van der Waals surface area contributed by atoms with Crippen LogP contribution in [0.5, 0.6) is 5.75 Å². The number of rotatable bonds is 5. The minimum absolute atomic E-state index is 0.0313. The summed E-state index contributed by atoms with van der Waals surface area (Å²) in [5.41, 5.74) is 1.39. The first-order chi connectivity index (χ1) is 14.1. The van der Waals surface area contributed by atoms with Crippen LogP contribution in [0.25, 0.3) is 0 Å². The molecular weight excluding hydrogens is 373 g/mol. The molecule has 2 aromatic carbocycles. The summed E-state index contributed by atoms with van der Waals surface area (Å²) in [5.74, 6) is -0.156. The quantitative estimate of drug-likeness (QED) is 0.843. The van der Waals surface area contributed by atoms with E-state index in [1.165, 1.54) is 6.07 Å². The molecule has 1 atom stereocenters. The Morgan fingerprint density at radius 1 is 1.17 bits per heavy atom. The lowest BCUT2D eigenvalue weighted by molar-refractivity contribution is -0.123. The van der Waals surface area contributed by atoms with E-state index in [-0.39, 0.29) is 42.4 Å². The fourth-order valence-electron chi connectivity index (χ4n) is 3.93. The first kappa shape index (κ1) is 19.4. The second kappa shape index (κ2) is 8.61. The zero-order valence-electron chi connectivity index (χ0n) is 16.1. The number of nitrogens with zero attached hydrogens (tertiary/aromatic N) is 2. The van der Waals surface area contributed by atoms with E-state index < -0.39 is 0 Å². The van der Waals surface area contributed by atoms with Crippen molar-refractivity contribution >= 4 is 23.2 Å². The molecule has 1 saturated heterocycles. The largest absolute Gasteiger partial charge is 0.490 e. The third-order valence-electron chi connectivity index (χ3n) is 5.34. The summed E-state index contributed by atoms with van der Waals surface area (Å²) in [5, 5.41) is 2.80. The molecule has 7 heteroatoms. The number of para-hydroxylation sites is 3. The van der Waals surface area contributed by atoms with E-state index in [1.807, 2.05) is 18.2 Å². The normalized spacial score (nSPS) is 19.4. The summed E-state index contributed by atoms with van der Waals surface area (Å²) >= 11 is 0. The highest BCUT2D eigenvalue weighted by molar-refractivity contribution is 6.10. The molecular formula is C22H24FN3O3. The van der Waals surface area contributed by atoms with Crippen LogP contribution in [0.2, 0.25) is 0 Å². The summed E-state index contributed by atoms with van der Waals surface area (Å²) < 4.78 is 19.4. The highest BCUT2D eigenvalue weighted by atomic mass is 19.1. The Morgan fingerprint density at radius 2 is 1.97 bits per heavy atom. The van der Waals surface area contributed by atoms with E-state index in [1.54, 1.807) is 29.2 Å². The van der Waals surface area contributed by atoms with Crippen molar-refractivity contribution in [2.24, 2.45) is 5.92 Å². The Bertz CT molecular complexity index is 904. The second-order valence-corrected chi connectivity index (χ2v) is 7.53. The van der Waals surface area contributed by atoms with Gasteiger partial charge in [-0.2, -0.15) is 0 Å². The van der Waals surface area contributed by atoms with Crippen LogP contribution in [0.1, 0.15) is 12.8 Å². The maximum absolute atomic E-state index is 13.7. The van der Waals surface area contributed by atoms with Gasteiger partial charge in [-0.1, -0.05) is 24.3 Å². The van der Waals surface area contributed by atoms with Gasteiger partial charge in [-0.05, 0) is 43.7 Å². The average molecular weight is 397 g/mol. The molecule has 29 heavy (non-hydrogen) atoms. The van der Waals surface area contributed by atoms with Crippen molar-refractivity contribution in [2.75, 3.05) is 43.0 Å². The number of piperidine rings is 1. The fraction of sp³-hybridized carbons (Fsp3) is 0.364. The molecule has 0 bridgehead atoms. The number of ether oxygens (including phenoxy) is 1. The van der Waals surface area contributed by atoms with Gasteiger partial charge in [0.25, 0.3) is 0 Å². The highest BCUT2D eigenvalue weighted by Crippen LogP contribution is 2.29. The van der Waals surface area contributed by atoms with Crippen molar-refractivity contribution < 1.29 is 18.7 Å². The van der Waals surface area contributed by atoms with Crippen LogP contribution in [-0.2, 0) is 9.59 Å². The average Bonchev–Trinajstić information content (AvgIpc) is 2.73. The molecule has 152 valence electrons. The molecule has 0 aliphatic carbocycles. The first-order valence-corrected chi connectivity index (χ1v) is 9.89. The van der Waals surface area contributed by atoms with Gasteiger partial charge in [0.1, 0.15) is 6.54 Å². The summed E-state index contributed by atoms with van der Waals surface area (Å²) in [7, 11) is 0. The smallest absolute Gasteiger partial charge is 0.244 e. The monoisotopic (exact) mass is 397 g/mol. The molecule has 2 aliphatic rings. The Morgan fingerprint density at radius 3 is 2.83 bits per heavy atom. The molecule has 4 rings (SSSR count). The number of nitrogens with one attached hydrogen (secondary N) is 1. The van der Waals surface area contributed by atoms with Crippen molar-refractivity contribution in [3.63, 3.8) is 0 Å². The highest BCUT2D eigenvalue weighted by Gasteiger charge is 2.29. The van der Waals surface area contributed by atoms with Crippen LogP contribution in [0, 0.1) is 11.7 Å². The molecule has 0 radical (unpaired) electrons. The van der Waals surface area contributed by atoms with Crippen LogP contribution < -0.4 is 15.0 Å². The van der Waals surface area contributed by atoms with Gasteiger partial charge in [0.15, 0.2) is 11.6 Å². The maximum Gasteiger partial charge on any atom is 0.244 e. The van der Waals surface area contributed by atoms with Crippen LogP contribution in [-0.4, -0.2) is 49.5 Å². The van der Waals surface area contributed by atoms with Crippen molar-refractivity contribution in [1.29, 1.82) is 0 Å². The Kier molecular flexibility index (Phi) is 5.76. The van der Waals surface area contributed by atoms with Gasteiger partial charge >= 0.3 is 0 Å². The second-order valence-electron chi connectivity index (χ2n) is 7.53. The molecule has 1 N–H and O–H groups in total. The molecule has 0 aromatic heterocycles. The van der Waals surface area contributed by atoms with E-state index in [9.17, 15) is 14.0 Å². The number of hydrogen-bond acceptors (Lipinski definition) is 4. The summed E-state index contributed by atoms with van der Waals surface area (Å²) in [4.78, 5) is 28.5. The molecule has 2 aliphatic heterocycles. The topological polar surface area (TPSA) is 61.9 Å². The third kappa shape index (κ3) is 4.56. The number of fused-ring (bicyclic) bond motifs is 1. The number of halogens is 1. The van der Waals surface area contributed by atoms with Crippen LogP contribution >= 0.6 is 0 Å². The summed E-state index contributed by atoms with van der Waals surface area (Å²) in [6.07, 6.45) is 1.93. The van der Waals surface area contributed by atoms with E-state index in [4.69, 9.17) is 4.74 Å². The number of anilines is 2. The number of benzene rings is 2. The van der Waals surface area contributed by atoms with Gasteiger partial charge in [-0.3, -0.25) is 19.4 Å². The third-order valence-corrected chi connectivity index (χ3v) is 5.34. The lowest BCUT2D eigenvalue weighted by atomic mass is 9.99. The molecule has 0 saturated carbocycles. The molecule has 6 nitrogen and oxygen atoms in total. The Labute approximate surface area is 169 Å². The maximum atomic E-state index is 13.7. The molecule has 2 heterocycles. The van der Waals surface area contributed by atoms with Crippen molar-refractivity contribution in [3.8, 4) is 5.75 Å².